The van der Waals surface area contributed by atoms with Crippen LogP contribution in [0.4, 0.5) is 5.69 Å². The van der Waals surface area contributed by atoms with Gasteiger partial charge in [-0.1, -0.05) is 12.1 Å². The Morgan fingerprint density at radius 1 is 0.941 bits per heavy atom. The molecule has 3 nitrogen and oxygen atoms in total. The zero-order valence-corrected chi connectivity index (χ0v) is 9.94. The second kappa shape index (κ2) is 4.78. The molecule has 2 rings (SSSR count). The number of hydrogen-bond acceptors (Lipinski definition) is 3. The van der Waals surface area contributed by atoms with Gasteiger partial charge in [-0.15, -0.1) is 0 Å². The predicted molar refractivity (Wildman–Crippen MR) is 69.4 cm³/mol. The molecule has 0 saturated heterocycles. The zero-order valence-electron chi connectivity index (χ0n) is 9.94. The van der Waals surface area contributed by atoms with E-state index in [1.807, 2.05) is 42.5 Å². The number of rotatable bonds is 3. The van der Waals surface area contributed by atoms with Gasteiger partial charge in [-0.2, -0.15) is 0 Å². The van der Waals surface area contributed by atoms with Crippen molar-refractivity contribution in [2.24, 2.45) is 0 Å². The van der Waals surface area contributed by atoms with Crippen LogP contribution in [-0.4, -0.2) is 14.2 Å². The van der Waals surface area contributed by atoms with Crippen molar-refractivity contribution >= 4 is 5.69 Å². The molecule has 17 heavy (non-hydrogen) atoms. The molecule has 0 atom stereocenters. The largest absolute Gasteiger partial charge is 0.497 e. The van der Waals surface area contributed by atoms with Gasteiger partial charge in [0.25, 0.3) is 0 Å². The summed E-state index contributed by atoms with van der Waals surface area (Å²) >= 11 is 0. The molecule has 2 N–H and O–H groups in total. The topological polar surface area (TPSA) is 44.5 Å². The van der Waals surface area contributed by atoms with E-state index >= 15 is 0 Å². The summed E-state index contributed by atoms with van der Waals surface area (Å²) in [5.74, 6) is 1.61. The van der Waals surface area contributed by atoms with Crippen molar-refractivity contribution in [2.45, 2.75) is 0 Å². The number of ether oxygens (including phenoxy) is 2. The lowest BCUT2D eigenvalue weighted by Crippen LogP contribution is -1.91. The fourth-order valence-corrected chi connectivity index (χ4v) is 1.74. The minimum Gasteiger partial charge on any atom is -0.497 e. The van der Waals surface area contributed by atoms with E-state index in [2.05, 4.69) is 0 Å². The Kier molecular flexibility index (Phi) is 3.19. The van der Waals surface area contributed by atoms with Gasteiger partial charge in [-0.25, -0.2) is 0 Å². The number of nitrogens with two attached hydrogens (primary N) is 1. The molecule has 0 fully saturated rings. The molecular weight excluding hydrogens is 214 g/mol. The molecule has 0 unspecified atom stereocenters. The van der Waals surface area contributed by atoms with Crippen LogP contribution in [0.1, 0.15) is 0 Å². The maximum Gasteiger partial charge on any atom is 0.126 e. The van der Waals surface area contributed by atoms with Crippen molar-refractivity contribution in [3.63, 3.8) is 0 Å². The third kappa shape index (κ3) is 2.33. The van der Waals surface area contributed by atoms with Crippen molar-refractivity contribution in [1.29, 1.82) is 0 Å². The summed E-state index contributed by atoms with van der Waals surface area (Å²) in [6, 6.07) is 13.4. The number of anilines is 1. The second-order valence-corrected chi connectivity index (χ2v) is 3.69. The Morgan fingerprint density at radius 3 is 2.47 bits per heavy atom. The molecule has 2 aromatic carbocycles. The molecule has 2 aromatic rings. The molecule has 0 amide bonds. The van der Waals surface area contributed by atoms with Crippen molar-refractivity contribution < 1.29 is 9.47 Å². The molecule has 0 aromatic heterocycles. The van der Waals surface area contributed by atoms with Gasteiger partial charge in [-0.05, 0) is 35.9 Å². The van der Waals surface area contributed by atoms with Crippen LogP contribution >= 0.6 is 0 Å². The number of methoxy groups -OCH3 is 2. The molecule has 3 heteroatoms. The molecule has 0 aliphatic carbocycles. The summed E-state index contributed by atoms with van der Waals surface area (Å²) in [4.78, 5) is 0. The van der Waals surface area contributed by atoms with Gasteiger partial charge in [0.15, 0.2) is 0 Å². The van der Waals surface area contributed by atoms with Gasteiger partial charge in [0.05, 0.1) is 14.2 Å². The maximum absolute atomic E-state index is 5.80. The fourth-order valence-electron chi connectivity index (χ4n) is 1.74. The average molecular weight is 229 g/mol. The summed E-state index contributed by atoms with van der Waals surface area (Å²) < 4.78 is 10.5. The zero-order chi connectivity index (χ0) is 12.3. The van der Waals surface area contributed by atoms with E-state index in [-0.39, 0.29) is 0 Å². The Bertz CT molecular complexity index is 523. The third-order valence-electron chi connectivity index (χ3n) is 2.60. The van der Waals surface area contributed by atoms with Crippen molar-refractivity contribution in [3.05, 3.63) is 42.5 Å². The van der Waals surface area contributed by atoms with E-state index in [0.29, 0.717) is 5.69 Å². The maximum atomic E-state index is 5.80. The third-order valence-corrected chi connectivity index (χ3v) is 2.60. The van der Waals surface area contributed by atoms with Crippen LogP contribution in [0, 0.1) is 0 Å². The summed E-state index contributed by atoms with van der Waals surface area (Å²) in [6.07, 6.45) is 0. The molecule has 0 aliphatic rings. The smallest absolute Gasteiger partial charge is 0.126 e. The first-order chi connectivity index (χ1) is 8.24. The summed E-state index contributed by atoms with van der Waals surface area (Å²) in [6.45, 7) is 0. The average Bonchev–Trinajstić information content (AvgIpc) is 2.39. The molecule has 0 bridgehead atoms. The fraction of sp³-hybridized carbons (Fsp3) is 0.143. The van der Waals surface area contributed by atoms with Crippen LogP contribution in [-0.2, 0) is 0 Å². The van der Waals surface area contributed by atoms with E-state index in [4.69, 9.17) is 15.2 Å². The lowest BCUT2D eigenvalue weighted by atomic mass is 10.0. The molecule has 0 heterocycles. The van der Waals surface area contributed by atoms with Gasteiger partial charge in [0, 0.05) is 11.3 Å². The minimum absolute atomic E-state index is 0.712. The monoisotopic (exact) mass is 229 g/mol. The lowest BCUT2D eigenvalue weighted by molar-refractivity contribution is 0.413. The normalized spacial score (nSPS) is 10.0. The first kappa shape index (κ1) is 11.3. The molecule has 88 valence electrons. The van der Waals surface area contributed by atoms with Gasteiger partial charge in [-0.3, -0.25) is 0 Å². The van der Waals surface area contributed by atoms with Gasteiger partial charge in [0.1, 0.15) is 11.5 Å². The van der Waals surface area contributed by atoms with E-state index in [9.17, 15) is 0 Å². The highest BCUT2D eigenvalue weighted by atomic mass is 16.5. The molecule has 0 radical (unpaired) electrons. The standard InChI is InChI=1S/C14H15NO2/c1-16-12-5-3-4-10(8-12)13-9-11(15)6-7-14(13)17-2/h3-9H,15H2,1-2H3. The SMILES string of the molecule is COc1cccc(-c2cc(N)ccc2OC)c1. The Hall–Kier alpha value is -2.16. The van der Waals surface area contributed by atoms with Crippen LogP contribution < -0.4 is 15.2 Å². The van der Waals surface area contributed by atoms with E-state index < -0.39 is 0 Å². The van der Waals surface area contributed by atoms with Crippen LogP contribution in [0.5, 0.6) is 11.5 Å². The second-order valence-electron chi connectivity index (χ2n) is 3.69. The summed E-state index contributed by atoms with van der Waals surface area (Å²) in [5.41, 5.74) is 8.50. The molecule has 0 aliphatic heterocycles. The van der Waals surface area contributed by atoms with Gasteiger partial charge in [0.2, 0.25) is 0 Å². The van der Waals surface area contributed by atoms with Crippen molar-refractivity contribution in [2.75, 3.05) is 20.0 Å². The highest BCUT2D eigenvalue weighted by Gasteiger charge is 2.06. The van der Waals surface area contributed by atoms with Gasteiger partial charge < -0.3 is 15.2 Å². The highest BCUT2D eigenvalue weighted by Crippen LogP contribution is 2.33. The Morgan fingerprint density at radius 2 is 1.76 bits per heavy atom. The van der Waals surface area contributed by atoms with Crippen LogP contribution in [0.3, 0.4) is 0 Å². The van der Waals surface area contributed by atoms with Crippen LogP contribution in [0.25, 0.3) is 11.1 Å². The minimum atomic E-state index is 0.712. The quantitative estimate of drug-likeness (QED) is 0.823. The highest BCUT2D eigenvalue weighted by molar-refractivity contribution is 5.74. The van der Waals surface area contributed by atoms with Crippen molar-refractivity contribution in [3.8, 4) is 22.6 Å². The summed E-state index contributed by atoms with van der Waals surface area (Å²) in [5, 5.41) is 0. The number of hydrogen-bond donors (Lipinski definition) is 1. The van der Waals surface area contributed by atoms with Crippen LogP contribution in [0.15, 0.2) is 42.5 Å². The Labute approximate surface area is 101 Å². The van der Waals surface area contributed by atoms with E-state index in [1.54, 1.807) is 14.2 Å². The Balaban J connectivity index is 2.54. The molecular formula is C14H15NO2. The first-order valence-electron chi connectivity index (χ1n) is 5.32. The number of benzene rings is 2. The van der Waals surface area contributed by atoms with Crippen molar-refractivity contribution in [1.82, 2.24) is 0 Å². The number of nitrogen functional groups attached to an aromatic ring is 1. The van der Waals surface area contributed by atoms with E-state index in [1.165, 1.54) is 0 Å². The molecule has 0 spiro atoms. The molecule has 0 saturated carbocycles. The first-order valence-corrected chi connectivity index (χ1v) is 5.32. The predicted octanol–water partition coefficient (Wildman–Crippen LogP) is 2.95. The van der Waals surface area contributed by atoms with Gasteiger partial charge >= 0.3 is 0 Å². The lowest BCUT2D eigenvalue weighted by Gasteiger charge is -2.10. The summed E-state index contributed by atoms with van der Waals surface area (Å²) in [7, 11) is 3.30. The van der Waals surface area contributed by atoms with E-state index in [0.717, 1.165) is 22.6 Å². The van der Waals surface area contributed by atoms with Crippen LogP contribution in [0.2, 0.25) is 0 Å².